The van der Waals surface area contributed by atoms with Crippen LogP contribution in [0.4, 0.5) is 0 Å². The molecule has 0 aromatic heterocycles. The van der Waals surface area contributed by atoms with E-state index in [1.165, 1.54) is 0 Å². The number of hydrogen-bond acceptors (Lipinski definition) is 2. The van der Waals surface area contributed by atoms with Gasteiger partial charge in [0.25, 0.3) is 0 Å². The number of nitrogens with zero attached hydrogens (tertiary/aromatic N) is 2. The molecule has 0 heterocycles. The molecule has 0 saturated heterocycles. The molecule has 0 radical (unpaired) electrons. The quantitative estimate of drug-likeness (QED) is 0.339. The fraction of sp³-hybridized carbons (Fsp3) is 1.00. The Labute approximate surface area is 67.7 Å². The van der Waals surface area contributed by atoms with Crippen molar-refractivity contribution in [2.45, 2.75) is 45.2 Å². The average Bonchev–Trinajstić information content (AvgIpc) is 1.81. The van der Waals surface area contributed by atoms with E-state index in [2.05, 4.69) is 10.2 Å². The Morgan fingerprint density at radius 1 is 1.40 bits per heavy atom. The van der Waals surface area contributed by atoms with E-state index in [-0.39, 0.29) is 11.0 Å². The van der Waals surface area contributed by atoms with E-state index in [0.29, 0.717) is 0 Å². The molecular weight excluding hydrogens is 148 g/mol. The second-order valence-corrected chi connectivity index (χ2v) is 3.73. The van der Waals surface area contributed by atoms with Crippen molar-refractivity contribution < 1.29 is 0 Å². The molecule has 0 aromatic rings. The van der Waals surface area contributed by atoms with E-state index in [1.807, 2.05) is 27.7 Å². The summed E-state index contributed by atoms with van der Waals surface area (Å²) in [4.78, 5) is 0. The van der Waals surface area contributed by atoms with E-state index >= 15 is 0 Å². The summed E-state index contributed by atoms with van der Waals surface area (Å²) in [5.41, 5.74) is -0.248. The van der Waals surface area contributed by atoms with Crippen LogP contribution in [0.3, 0.4) is 0 Å². The van der Waals surface area contributed by atoms with Crippen LogP contribution in [0.15, 0.2) is 10.2 Å². The number of hydrogen-bond donors (Lipinski definition) is 0. The molecule has 1 unspecified atom stereocenters. The van der Waals surface area contributed by atoms with E-state index in [4.69, 9.17) is 11.6 Å². The summed E-state index contributed by atoms with van der Waals surface area (Å²) in [5, 5.41) is 7.92. The lowest BCUT2D eigenvalue weighted by Gasteiger charge is -2.09. The Bertz CT molecular complexity index is 115. The van der Waals surface area contributed by atoms with Crippen LogP contribution in [0.2, 0.25) is 0 Å². The molecule has 0 N–H and O–H groups in total. The first-order valence-electron chi connectivity index (χ1n) is 3.52. The molecule has 0 rings (SSSR count). The Morgan fingerprint density at radius 3 is 2.20 bits per heavy atom. The summed E-state index contributed by atoms with van der Waals surface area (Å²) in [5.74, 6) is 0. The van der Waals surface area contributed by atoms with Gasteiger partial charge in [0.1, 0.15) is 5.50 Å². The van der Waals surface area contributed by atoms with Gasteiger partial charge in [-0.1, -0.05) is 18.5 Å². The van der Waals surface area contributed by atoms with E-state index < -0.39 is 0 Å². The average molecular weight is 163 g/mol. The standard InChI is InChI=1S/C7H15ClN2/c1-5-6(8)9-10-7(2,3)4/h6H,5H2,1-4H3. The van der Waals surface area contributed by atoms with Crippen LogP contribution in [0, 0.1) is 0 Å². The van der Waals surface area contributed by atoms with Crippen LogP contribution in [0.1, 0.15) is 34.1 Å². The predicted molar refractivity (Wildman–Crippen MR) is 44.5 cm³/mol. The summed E-state index contributed by atoms with van der Waals surface area (Å²) in [7, 11) is 0. The topological polar surface area (TPSA) is 24.7 Å². The van der Waals surface area contributed by atoms with Crippen LogP contribution >= 0.6 is 11.6 Å². The number of alkyl halides is 1. The zero-order valence-electron chi connectivity index (χ0n) is 7.06. The van der Waals surface area contributed by atoms with Gasteiger partial charge in [-0.05, 0) is 27.2 Å². The van der Waals surface area contributed by atoms with Gasteiger partial charge >= 0.3 is 0 Å². The maximum Gasteiger partial charge on any atom is 0.144 e. The molecule has 0 fully saturated rings. The van der Waals surface area contributed by atoms with Crippen LogP contribution in [0.5, 0.6) is 0 Å². The van der Waals surface area contributed by atoms with Crippen molar-refractivity contribution in [1.82, 2.24) is 0 Å². The van der Waals surface area contributed by atoms with E-state index in [9.17, 15) is 0 Å². The lowest BCUT2D eigenvalue weighted by molar-refractivity contribution is 0.530. The van der Waals surface area contributed by atoms with Gasteiger partial charge in [0.2, 0.25) is 0 Å². The number of rotatable bonds is 2. The number of halogens is 1. The molecule has 0 amide bonds. The summed E-state index contributed by atoms with van der Waals surface area (Å²) in [6.45, 7) is 7.97. The van der Waals surface area contributed by atoms with Crippen LogP contribution < -0.4 is 0 Å². The number of azo groups is 1. The first kappa shape index (κ1) is 9.89. The molecule has 0 aliphatic rings. The van der Waals surface area contributed by atoms with Gasteiger partial charge in [-0.15, -0.1) is 0 Å². The first-order valence-corrected chi connectivity index (χ1v) is 3.95. The van der Waals surface area contributed by atoms with Gasteiger partial charge in [0.05, 0.1) is 5.54 Å². The monoisotopic (exact) mass is 162 g/mol. The maximum absolute atomic E-state index is 5.71. The third-order valence-corrected chi connectivity index (χ3v) is 1.22. The summed E-state index contributed by atoms with van der Waals surface area (Å²) in [6.07, 6.45) is 0.834. The minimum absolute atomic E-state index is 0.0949. The minimum atomic E-state index is -0.153. The molecule has 0 aromatic carbocycles. The highest BCUT2D eigenvalue weighted by molar-refractivity contribution is 6.20. The molecule has 0 bridgehead atoms. The van der Waals surface area contributed by atoms with Crippen molar-refractivity contribution in [2.75, 3.05) is 0 Å². The summed E-state index contributed by atoms with van der Waals surface area (Å²) in [6, 6.07) is 0. The Balaban J connectivity index is 3.75. The highest BCUT2D eigenvalue weighted by atomic mass is 35.5. The zero-order chi connectivity index (χ0) is 8.20. The van der Waals surface area contributed by atoms with Crippen LogP contribution in [-0.4, -0.2) is 11.0 Å². The predicted octanol–water partition coefficient (Wildman–Crippen LogP) is 3.21. The van der Waals surface area contributed by atoms with Gasteiger partial charge in [-0.25, -0.2) is 0 Å². The lowest BCUT2D eigenvalue weighted by Crippen LogP contribution is -2.09. The van der Waals surface area contributed by atoms with Crippen molar-refractivity contribution in [3.8, 4) is 0 Å². The summed E-state index contributed by atoms with van der Waals surface area (Å²) >= 11 is 5.71. The zero-order valence-corrected chi connectivity index (χ0v) is 7.81. The molecule has 60 valence electrons. The second-order valence-electron chi connectivity index (χ2n) is 3.23. The molecular formula is C7H15ClN2. The van der Waals surface area contributed by atoms with Crippen molar-refractivity contribution in [2.24, 2.45) is 10.2 Å². The van der Waals surface area contributed by atoms with Gasteiger partial charge in [0.15, 0.2) is 0 Å². The van der Waals surface area contributed by atoms with Crippen molar-refractivity contribution in [3.63, 3.8) is 0 Å². The minimum Gasteiger partial charge on any atom is -0.187 e. The van der Waals surface area contributed by atoms with E-state index in [1.54, 1.807) is 0 Å². The maximum atomic E-state index is 5.71. The Hall–Kier alpha value is -0.110. The fourth-order valence-corrected chi connectivity index (χ4v) is 0.361. The Kier molecular flexibility index (Phi) is 3.87. The molecule has 0 spiro atoms. The van der Waals surface area contributed by atoms with Crippen LogP contribution in [-0.2, 0) is 0 Å². The summed E-state index contributed by atoms with van der Waals surface area (Å²) < 4.78 is 0. The molecule has 2 nitrogen and oxygen atoms in total. The third-order valence-electron chi connectivity index (χ3n) is 0.820. The van der Waals surface area contributed by atoms with Gasteiger partial charge in [-0.2, -0.15) is 10.2 Å². The largest absolute Gasteiger partial charge is 0.187 e. The lowest BCUT2D eigenvalue weighted by atomic mass is 10.1. The SMILES string of the molecule is CCC(Cl)N=NC(C)(C)C. The normalized spacial score (nSPS) is 16.1. The molecule has 3 heteroatoms. The van der Waals surface area contributed by atoms with Gasteiger partial charge in [-0.3, -0.25) is 0 Å². The molecule has 1 atom stereocenters. The van der Waals surface area contributed by atoms with Crippen molar-refractivity contribution >= 4 is 11.6 Å². The second kappa shape index (κ2) is 3.91. The highest BCUT2D eigenvalue weighted by Crippen LogP contribution is 2.11. The van der Waals surface area contributed by atoms with Gasteiger partial charge < -0.3 is 0 Å². The molecule has 10 heavy (non-hydrogen) atoms. The van der Waals surface area contributed by atoms with Gasteiger partial charge in [0, 0.05) is 0 Å². The third kappa shape index (κ3) is 6.02. The first-order chi connectivity index (χ1) is 4.45. The van der Waals surface area contributed by atoms with E-state index in [0.717, 1.165) is 6.42 Å². The molecule has 0 saturated carbocycles. The molecule has 0 aliphatic heterocycles. The highest BCUT2D eigenvalue weighted by Gasteiger charge is 2.07. The fourth-order valence-electron chi connectivity index (χ4n) is 0.318. The molecule has 0 aliphatic carbocycles. The van der Waals surface area contributed by atoms with Crippen LogP contribution in [0.25, 0.3) is 0 Å². The Morgan fingerprint density at radius 2 is 1.90 bits per heavy atom. The smallest absolute Gasteiger partial charge is 0.144 e. The van der Waals surface area contributed by atoms with Crippen molar-refractivity contribution in [3.05, 3.63) is 0 Å². The van der Waals surface area contributed by atoms with Crippen molar-refractivity contribution in [1.29, 1.82) is 0 Å².